The lowest BCUT2D eigenvalue weighted by Crippen LogP contribution is -2.57. The molecule has 0 spiro atoms. The van der Waals surface area contributed by atoms with Gasteiger partial charge in [-0.3, -0.25) is 4.18 Å². The molecule has 0 radical (unpaired) electrons. The second-order valence-corrected chi connectivity index (χ2v) is 17.4. The van der Waals surface area contributed by atoms with Gasteiger partial charge in [0.25, 0.3) is 10.1 Å². The Kier molecular flexibility index (Phi) is 9.62. The molecule has 10 nitrogen and oxygen atoms in total. The Bertz CT molecular complexity index is 796. The van der Waals surface area contributed by atoms with Gasteiger partial charge in [-0.1, -0.05) is 25.9 Å². The highest BCUT2D eigenvalue weighted by molar-refractivity contribution is 7.85. The molecular weight excluding hydrogens is 452 g/mol. The third kappa shape index (κ3) is 10.1. The molecule has 12 heteroatoms. The van der Waals surface area contributed by atoms with Gasteiger partial charge in [-0.2, -0.15) is 8.42 Å². The van der Waals surface area contributed by atoms with E-state index in [1.54, 1.807) is 20.8 Å². The summed E-state index contributed by atoms with van der Waals surface area (Å²) in [5.74, 6) is 0.0690. The average Bonchev–Trinajstić information content (AvgIpc) is 3.39. The maximum absolute atomic E-state index is 12.6. The fourth-order valence-corrected chi connectivity index (χ4v) is 4.80. The number of hydrogen-bond acceptors (Lipinski definition) is 7. The Labute approximate surface area is 193 Å². The fraction of sp³-hybridized carbons (Fsp3) is 0.950. The van der Waals surface area contributed by atoms with Crippen LogP contribution in [0.2, 0.25) is 18.1 Å². The van der Waals surface area contributed by atoms with E-state index in [0.717, 1.165) is 19.1 Å². The number of rotatable bonds is 11. The van der Waals surface area contributed by atoms with Crippen LogP contribution in [0.15, 0.2) is 5.11 Å². The molecule has 1 amide bonds. The van der Waals surface area contributed by atoms with E-state index in [4.69, 9.17) is 18.9 Å². The number of alkyl carbamates (subject to hydrolysis) is 1. The first-order valence-electron chi connectivity index (χ1n) is 10.9. The number of azide groups is 1. The van der Waals surface area contributed by atoms with Crippen molar-refractivity contribution >= 4 is 24.5 Å². The highest BCUT2D eigenvalue weighted by Crippen LogP contribution is 2.44. The van der Waals surface area contributed by atoms with Crippen LogP contribution in [-0.2, 0) is 23.5 Å². The lowest BCUT2D eigenvalue weighted by atomic mass is 9.92. The van der Waals surface area contributed by atoms with E-state index in [0.29, 0.717) is 0 Å². The summed E-state index contributed by atoms with van der Waals surface area (Å²) in [6, 6.07) is -0.812. The summed E-state index contributed by atoms with van der Waals surface area (Å²) in [7, 11) is -6.12. The highest BCUT2D eigenvalue weighted by atomic mass is 32.2. The summed E-state index contributed by atoms with van der Waals surface area (Å²) >= 11 is 0. The molecule has 0 aromatic carbocycles. The number of hydrogen-bond donors (Lipinski definition) is 1. The Morgan fingerprint density at radius 1 is 1.22 bits per heavy atom. The van der Waals surface area contributed by atoms with Gasteiger partial charge in [-0.05, 0) is 69.1 Å². The second kappa shape index (κ2) is 10.7. The van der Waals surface area contributed by atoms with Gasteiger partial charge in [0, 0.05) is 11.5 Å². The molecule has 1 aliphatic carbocycles. The van der Waals surface area contributed by atoms with Crippen molar-refractivity contribution in [3.63, 3.8) is 0 Å². The molecule has 0 aromatic rings. The third-order valence-corrected chi connectivity index (χ3v) is 10.8. The molecule has 0 heterocycles. The van der Waals surface area contributed by atoms with Crippen LogP contribution in [-0.4, -0.2) is 60.0 Å². The van der Waals surface area contributed by atoms with Gasteiger partial charge >= 0.3 is 6.09 Å². The normalized spacial score (nSPS) is 18.3. The zero-order valence-corrected chi connectivity index (χ0v) is 22.7. The molecule has 3 atom stereocenters. The van der Waals surface area contributed by atoms with Crippen molar-refractivity contribution in [2.75, 3.05) is 19.4 Å². The first-order valence-corrected chi connectivity index (χ1v) is 15.6. The molecule has 1 saturated carbocycles. The van der Waals surface area contributed by atoms with Crippen LogP contribution in [0.5, 0.6) is 0 Å². The predicted molar refractivity (Wildman–Crippen MR) is 126 cm³/mol. The molecule has 0 aromatic heterocycles. The molecule has 0 bridgehead atoms. The summed E-state index contributed by atoms with van der Waals surface area (Å²) in [5.41, 5.74) is 8.18. The molecule has 0 saturated heterocycles. The molecule has 1 aliphatic rings. The minimum atomic E-state index is -3.76. The summed E-state index contributed by atoms with van der Waals surface area (Å²) in [4.78, 5) is 15.5. The van der Waals surface area contributed by atoms with Crippen molar-refractivity contribution < 1.29 is 26.6 Å². The van der Waals surface area contributed by atoms with Crippen molar-refractivity contribution in [2.24, 2.45) is 17.0 Å². The van der Waals surface area contributed by atoms with Gasteiger partial charge in [0.1, 0.15) is 5.60 Å². The van der Waals surface area contributed by atoms with Crippen LogP contribution in [0.4, 0.5) is 4.79 Å². The number of carbonyl (C=O) groups is 1. The summed E-state index contributed by atoms with van der Waals surface area (Å²) in [6.07, 6.45) is 1.56. The smallest absolute Gasteiger partial charge is 0.408 e. The predicted octanol–water partition coefficient (Wildman–Crippen LogP) is 4.58. The van der Waals surface area contributed by atoms with E-state index in [-0.39, 0.29) is 30.0 Å². The van der Waals surface area contributed by atoms with Crippen LogP contribution in [0.25, 0.3) is 10.4 Å². The minimum Gasteiger partial charge on any atom is -0.444 e. The fourth-order valence-electron chi connectivity index (χ4n) is 3.04. The zero-order chi connectivity index (χ0) is 25.0. The Morgan fingerprint density at radius 3 is 2.19 bits per heavy atom. The van der Waals surface area contributed by atoms with Crippen LogP contribution < -0.4 is 5.32 Å². The third-order valence-electron chi connectivity index (χ3n) is 5.80. The van der Waals surface area contributed by atoms with Gasteiger partial charge in [-0.25, -0.2) is 4.79 Å². The van der Waals surface area contributed by atoms with Crippen LogP contribution in [0.3, 0.4) is 0 Å². The van der Waals surface area contributed by atoms with E-state index in [1.165, 1.54) is 0 Å². The lowest BCUT2D eigenvalue weighted by molar-refractivity contribution is 0.0253. The van der Waals surface area contributed by atoms with Crippen LogP contribution >= 0.6 is 0 Å². The first-order chi connectivity index (χ1) is 14.4. The molecule has 3 unspecified atom stereocenters. The van der Waals surface area contributed by atoms with Crippen molar-refractivity contribution in [3.05, 3.63) is 10.4 Å². The van der Waals surface area contributed by atoms with Crippen molar-refractivity contribution in [2.45, 2.75) is 90.3 Å². The number of ether oxygens (including phenoxy) is 1. The van der Waals surface area contributed by atoms with E-state index in [1.807, 2.05) is 0 Å². The van der Waals surface area contributed by atoms with Crippen LogP contribution in [0, 0.1) is 11.8 Å². The van der Waals surface area contributed by atoms with Crippen molar-refractivity contribution in [1.29, 1.82) is 0 Å². The quantitative estimate of drug-likeness (QED) is 0.147. The van der Waals surface area contributed by atoms with E-state index < -0.39 is 42.3 Å². The maximum atomic E-state index is 12.6. The van der Waals surface area contributed by atoms with Crippen molar-refractivity contribution in [1.82, 2.24) is 5.32 Å². The molecule has 0 aliphatic heterocycles. The van der Waals surface area contributed by atoms with Crippen LogP contribution in [0.1, 0.15) is 54.4 Å². The summed E-state index contributed by atoms with van der Waals surface area (Å²) in [6.45, 7) is 15.6. The lowest BCUT2D eigenvalue weighted by Gasteiger charge is -2.44. The summed E-state index contributed by atoms with van der Waals surface area (Å²) in [5, 5.41) is 6.43. The molecule has 1 N–H and O–H groups in total. The minimum absolute atomic E-state index is 0.133. The second-order valence-electron chi connectivity index (χ2n) is 11.0. The van der Waals surface area contributed by atoms with Crippen molar-refractivity contribution in [3.8, 4) is 0 Å². The highest BCUT2D eigenvalue weighted by Gasteiger charge is 2.47. The number of nitrogens with one attached hydrogen (secondary N) is 1. The molecule has 1 fully saturated rings. The molecule has 186 valence electrons. The largest absolute Gasteiger partial charge is 0.444 e. The Hall–Kier alpha value is -1.33. The zero-order valence-electron chi connectivity index (χ0n) is 20.8. The standard InChI is InChI=1S/C20H40N4O6SSi/c1-19(2,3)29-18(25)23-16(13-28-31(7,26)27)17(30-32(8,9)20(4,5)6)15(12-22-24-21)14-10-11-14/h14-17H,10-13H2,1-9H3,(H,23,25). The molecular formula is C20H40N4O6SSi. The summed E-state index contributed by atoms with van der Waals surface area (Å²) < 4.78 is 40.7. The Morgan fingerprint density at radius 2 is 1.78 bits per heavy atom. The number of nitrogens with zero attached hydrogens (tertiary/aromatic N) is 3. The average molecular weight is 493 g/mol. The van der Waals surface area contributed by atoms with Gasteiger partial charge in [0.15, 0.2) is 8.32 Å². The van der Waals surface area contributed by atoms with Gasteiger partial charge < -0.3 is 14.5 Å². The molecule has 32 heavy (non-hydrogen) atoms. The maximum Gasteiger partial charge on any atom is 0.408 e. The van der Waals surface area contributed by atoms with Gasteiger partial charge in [-0.15, -0.1) is 0 Å². The van der Waals surface area contributed by atoms with E-state index in [2.05, 4.69) is 49.2 Å². The van der Waals surface area contributed by atoms with Gasteiger partial charge in [0.2, 0.25) is 0 Å². The SMILES string of the molecule is CC(C)(C)OC(=O)NC(COS(C)(=O)=O)C(O[Si](C)(C)C(C)(C)C)C(CN=[N+]=[N-])C1CC1. The van der Waals surface area contributed by atoms with E-state index >= 15 is 0 Å². The topological polar surface area (TPSA) is 140 Å². The molecule has 1 rings (SSSR count). The number of amides is 1. The van der Waals surface area contributed by atoms with Gasteiger partial charge in [0.05, 0.1) is 25.0 Å². The monoisotopic (exact) mass is 492 g/mol. The van der Waals surface area contributed by atoms with E-state index in [9.17, 15) is 13.2 Å². The number of carbonyl (C=O) groups excluding carboxylic acids is 1. The first kappa shape index (κ1) is 28.7. The Balaban J connectivity index is 3.37.